The number of aryl methyl sites for hydroxylation is 1. The summed E-state index contributed by atoms with van der Waals surface area (Å²) in [6.07, 6.45) is 1.59. The normalized spacial score (nSPS) is 14.7. The van der Waals surface area contributed by atoms with E-state index >= 15 is 0 Å². The van der Waals surface area contributed by atoms with Crippen LogP contribution < -0.4 is 10.9 Å². The molecule has 0 saturated carbocycles. The predicted molar refractivity (Wildman–Crippen MR) is 129 cm³/mol. The minimum atomic E-state index is -0.536. The van der Waals surface area contributed by atoms with Gasteiger partial charge in [-0.25, -0.2) is 14.5 Å². The molecule has 1 aliphatic heterocycles. The second kappa shape index (κ2) is 8.79. The number of carbonyl (C=O) groups is 2. The highest BCUT2D eigenvalue weighted by atomic mass is 32.2. The maximum absolute atomic E-state index is 13.3. The van der Waals surface area contributed by atoms with E-state index in [9.17, 15) is 14.4 Å². The van der Waals surface area contributed by atoms with Crippen molar-refractivity contribution in [1.82, 2.24) is 19.3 Å². The van der Waals surface area contributed by atoms with Gasteiger partial charge in [-0.15, -0.1) is 0 Å². The first kappa shape index (κ1) is 21.9. The molecule has 34 heavy (non-hydrogen) atoms. The van der Waals surface area contributed by atoms with Crippen LogP contribution in [0.1, 0.15) is 28.4 Å². The number of nitrogens with zero attached hydrogens (tertiary/aromatic N) is 4. The summed E-state index contributed by atoms with van der Waals surface area (Å²) < 4.78 is 8.03. The molecule has 0 radical (unpaired) electrons. The van der Waals surface area contributed by atoms with Crippen LogP contribution in [0, 0.1) is 6.92 Å². The monoisotopic (exact) mass is 475 g/mol. The van der Waals surface area contributed by atoms with Gasteiger partial charge in [0.15, 0.2) is 10.8 Å². The summed E-state index contributed by atoms with van der Waals surface area (Å²) in [5.74, 6) is -0.304. The third-order valence-corrected chi connectivity index (χ3v) is 6.84. The molecule has 0 spiro atoms. The van der Waals surface area contributed by atoms with Crippen LogP contribution in [0.4, 0.5) is 5.69 Å². The molecule has 0 aliphatic carbocycles. The Bertz CT molecular complexity index is 1490. The van der Waals surface area contributed by atoms with Crippen LogP contribution in [0.25, 0.3) is 16.7 Å². The van der Waals surface area contributed by atoms with Crippen molar-refractivity contribution in [3.05, 3.63) is 76.2 Å². The van der Waals surface area contributed by atoms with Crippen LogP contribution in [0.3, 0.4) is 0 Å². The number of methoxy groups -OCH3 is 1. The fourth-order valence-electron chi connectivity index (χ4n) is 4.05. The first-order chi connectivity index (χ1) is 16.5. The fraction of sp³-hybridized carbons (Fsp3) is 0.208. The zero-order valence-electron chi connectivity index (χ0n) is 18.5. The van der Waals surface area contributed by atoms with E-state index in [0.717, 1.165) is 11.3 Å². The number of ether oxygens (including phenoxy) is 1. The number of carbonyl (C=O) groups excluding carboxylic acids is 2. The molecule has 2 aromatic heterocycles. The summed E-state index contributed by atoms with van der Waals surface area (Å²) >= 11 is 1.43. The first-order valence-corrected chi connectivity index (χ1v) is 11.6. The van der Waals surface area contributed by atoms with Crippen LogP contribution in [0.2, 0.25) is 0 Å². The van der Waals surface area contributed by atoms with Gasteiger partial charge < -0.3 is 10.1 Å². The van der Waals surface area contributed by atoms with Crippen LogP contribution in [0.5, 0.6) is 0 Å². The molecule has 0 saturated heterocycles. The van der Waals surface area contributed by atoms with Crippen molar-refractivity contribution >= 4 is 40.4 Å². The Hall–Kier alpha value is -3.92. The minimum absolute atomic E-state index is 0.0640. The molecule has 10 heteroatoms. The lowest BCUT2D eigenvalue weighted by Gasteiger charge is -2.14. The Labute approximate surface area is 198 Å². The number of aromatic nitrogens is 4. The van der Waals surface area contributed by atoms with Crippen molar-refractivity contribution in [3.63, 3.8) is 0 Å². The number of esters is 1. The molecule has 9 nitrogen and oxygen atoms in total. The topological polar surface area (TPSA) is 108 Å². The zero-order chi connectivity index (χ0) is 23.8. The predicted octanol–water partition coefficient (Wildman–Crippen LogP) is 3.35. The lowest BCUT2D eigenvalue weighted by molar-refractivity contribution is -0.116. The van der Waals surface area contributed by atoms with E-state index in [0.29, 0.717) is 27.6 Å². The summed E-state index contributed by atoms with van der Waals surface area (Å²) in [6, 6.07) is 14.0. The number of benzene rings is 2. The van der Waals surface area contributed by atoms with Gasteiger partial charge in [0.25, 0.3) is 5.56 Å². The molecule has 172 valence electrons. The molecule has 4 aromatic rings. The summed E-state index contributed by atoms with van der Waals surface area (Å²) in [5.41, 5.74) is 2.78. The smallest absolute Gasteiger partial charge is 0.339 e. The van der Waals surface area contributed by atoms with Crippen molar-refractivity contribution in [2.45, 2.75) is 24.5 Å². The fourth-order valence-corrected chi connectivity index (χ4v) is 5.18. The third-order valence-electron chi connectivity index (χ3n) is 5.74. The van der Waals surface area contributed by atoms with Gasteiger partial charge in [0.05, 0.1) is 36.3 Å². The van der Waals surface area contributed by atoms with Gasteiger partial charge >= 0.3 is 5.97 Å². The summed E-state index contributed by atoms with van der Waals surface area (Å²) in [7, 11) is 1.29. The first-order valence-electron chi connectivity index (χ1n) is 10.6. The van der Waals surface area contributed by atoms with Crippen LogP contribution in [-0.2, 0) is 9.53 Å². The largest absolute Gasteiger partial charge is 0.465 e. The van der Waals surface area contributed by atoms with Crippen molar-refractivity contribution in [2.24, 2.45) is 0 Å². The summed E-state index contributed by atoms with van der Waals surface area (Å²) in [4.78, 5) is 42.9. The molecule has 5 rings (SSSR count). The minimum Gasteiger partial charge on any atom is -0.465 e. The molecular formula is C24H21N5O4S. The zero-order valence-corrected chi connectivity index (χ0v) is 19.3. The molecule has 1 aliphatic rings. The number of anilines is 1. The maximum Gasteiger partial charge on any atom is 0.339 e. The average Bonchev–Trinajstić information content (AvgIpc) is 3.44. The Morgan fingerprint density at radius 2 is 1.94 bits per heavy atom. The van der Waals surface area contributed by atoms with Crippen LogP contribution >= 0.6 is 11.8 Å². The van der Waals surface area contributed by atoms with E-state index in [1.165, 1.54) is 25.1 Å². The van der Waals surface area contributed by atoms with E-state index in [1.54, 1.807) is 33.5 Å². The van der Waals surface area contributed by atoms with Crippen LogP contribution in [-0.4, -0.2) is 44.1 Å². The van der Waals surface area contributed by atoms with Gasteiger partial charge in [0, 0.05) is 12.2 Å². The lowest BCUT2D eigenvalue weighted by Crippen LogP contribution is -2.28. The van der Waals surface area contributed by atoms with Gasteiger partial charge in [0.1, 0.15) is 5.39 Å². The van der Waals surface area contributed by atoms with Gasteiger partial charge in [-0.05, 0) is 30.7 Å². The van der Waals surface area contributed by atoms with Gasteiger partial charge in [-0.2, -0.15) is 5.10 Å². The molecular weight excluding hydrogens is 454 g/mol. The number of nitrogens with one attached hydrogen (secondary N) is 1. The molecule has 1 unspecified atom stereocenters. The van der Waals surface area contributed by atoms with Gasteiger partial charge in [-0.1, -0.05) is 42.1 Å². The van der Waals surface area contributed by atoms with Crippen molar-refractivity contribution in [3.8, 4) is 5.69 Å². The Morgan fingerprint density at radius 1 is 1.18 bits per heavy atom. The third kappa shape index (κ3) is 3.75. The van der Waals surface area contributed by atoms with Crippen molar-refractivity contribution in [2.75, 3.05) is 18.2 Å². The van der Waals surface area contributed by atoms with E-state index in [-0.39, 0.29) is 29.5 Å². The number of rotatable bonds is 5. The average molecular weight is 476 g/mol. The molecule has 1 amide bonds. The second-order valence-corrected chi connectivity index (χ2v) is 8.89. The highest BCUT2D eigenvalue weighted by Gasteiger charge is 2.30. The molecule has 1 atom stereocenters. The number of fused-ring (bicyclic) bond motifs is 2. The Balaban J connectivity index is 1.44. The molecule has 0 bridgehead atoms. The lowest BCUT2D eigenvalue weighted by atomic mass is 10.1. The van der Waals surface area contributed by atoms with Crippen LogP contribution in [0.15, 0.2) is 64.7 Å². The molecule has 1 N–H and O–H groups in total. The van der Waals surface area contributed by atoms with E-state index in [1.807, 2.05) is 31.2 Å². The maximum atomic E-state index is 13.3. The number of para-hydroxylation sites is 2. The molecule has 3 heterocycles. The quantitative estimate of drug-likeness (QED) is 0.348. The van der Waals surface area contributed by atoms with Crippen molar-refractivity contribution in [1.29, 1.82) is 0 Å². The SMILES string of the molecule is COC(=O)c1ccccc1NC(=O)CC1CSc2nc3c(cnn3-c3ccccc3C)c(=O)n21. The Kier molecular flexibility index (Phi) is 5.66. The van der Waals surface area contributed by atoms with E-state index in [4.69, 9.17) is 9.72 Å². The molecule has 0 fully saturated rings. The standard InChI is InChI=1S/C24H21N5O4S/c1-14-7-3-6-10-19(14)29-21-17(12-25-29)22(31)28-15(13-34-24(28)27-21)11-20(30)26-18-9-5-4-8-16(18)23(32)33-2/h3-10,12,15H,11,13H2,1-2H3,(H,26,30). The number of thioether (sulfide) groups is 1. The highest BCUT2D eigenvalue weighted by molar-refractivity contribution is 7.99. The summed E-state index contributed by atoms with van der Waals surface area (Å²) in [5, 5.41) is 8.14. The molecule has 2 aromatic carbocycles. The number of hydrogen-bond donors (Lipinski definition) is 1. The van der Waals surface area contributed by atoms with Crippen molar-refractivity contribution < 1.29 is 14.3 Å². The van der Waals surface area contributed by atoms with E-state index < -0.39 is 5.97 Å². The number of amides is 1. The Morgan fingerprint density at radius 3 is 2.74 bits per heavy atom. The second-order valence-electron chi connectivity index (χ2n) is 7.90. The highest BCUT2D eigenvalue weighted by Crippen LogP contribution is 2.34. The van der Waals surface area contributed by atoms with E-state index in [2.05, 4.69) is 10.4 Å². The van der Waals surface area contributed by atoms with Gasteiger partial charge in [0.2, 0.25) is 5.91 Å². The number of hydrogen-bond acceptors (Lipinski definition) is 7. The summed E-state index contributed by atoms with van der Waals surface area (Å²) in [6.45, 7) is 1.98. The van der Waals surface area contributed by atoms with Gasteiger partial charge in [-0.3, -0.25) is 14.2 Å².